The summed E-state index contributed by atoms with van der Waals surface area (Å²) in [4.78, 5) is 21.8. The molecule has 0 atom stereocenters. The lowest BCUT2D eigenvalue weighted by atomic mass is 9.90. The number of carbonyl (C=O) groups excluding carboxylic acids is 1. The molecule has 186 valence electrons. The number of aliphatic imine (C=N–C) groups is 1. The number of hydrogen-bond donors (Lipinski definition) is 2. The van der Waals surface area contributed by atoms with E-state index in [0.29, 0.717) is 12.0 Å². The molecule has 2 heterocycles. The van der Waals surface area contributed by atoms with Gasteiger partial charge < -0.3 is 25.2 Å². The zero-order valence-corrected chi connectivity index (χ0v) is 22.6. The number of nitrogens with one attached hydrogen (secondary N) is 2. The lowest BCUT2D eigenvalue weighted by Gasteiger charge is -2.33. The standard InChI is InChI=1S/C25H41N5O2.HI/c1-3-26-25(28-23-11-13-29(14-12-23)17-18-32-2)27-20-24(31)30-15-9-22(10-16-30)19-21-7-5-4-6-8-21;/h4-8,22-23H,3,9-20H2,1-2H3,(H2,26,27,28);1H. The number of carbonyl (C=O) groups is 1. The number of benzene rings is 1. The van der Waals surface area contributed by atoms with Crippen molar-refractivity contribution in [3.05, 3.63) is 35.9 Å². The Bertz CT molecular complexity index is 702. The molecule has 1 aromatic carbocycles. The van der Waals surface area contributed by atoms with E-state index in [9.17, 15) is 4.79 Å². The topological polar surface area (TPSA) is 69.2 Å². The van der Waals surface area contributed by atoms with Gasteiger partial charge in [-0.15, -0.1) is 24.0 Å². The highest BCUT2D eigenvalue weighted by Crippen LogP contribution is 2.21. The van der Waals surface area contributed by atoms with Crippen molar-refractivity contribution < 1.29 is 9.53 Å². The molecule has 2 fully saturated rings. The largest absolute Gasteiger partial charge is 0.383 e. The van der Waals surface area contributed by atoms with Crippen LogP contribution in [0.4, 0.5) is 0 Å². The first-order valence-corrected chi connectivity index (χ1v) is 12.3. The summed E-state index contributed by atoms with van der Waals surface area (Å²) in [6.07, 6.45) is 5.42. The maximum absolute atomic E-state index is 12.8. The van der Waals surface area contributed by atoms with E-state index in [4.69, 9.17) is 4.74 Å². The van der Waals surface area contributed by atoms with E-state index in [2.05, 4.69) is 57.8 Å². The lowest BCUT2D eigenvalue weighted by Crippen LogP contribution is -2.49. The second kappa shape index (κ2) is 15.5. The minimum Gasteiger partial charge on any atom is -0.383 e. The van der Waals surface area contributed by atoms with Gasteiger partial charge in [-0.05, 0) is 50.5 Å². The molecule has 0 spiro atoms. The zero-order valence-electron chi connectivity index (χ0n) is 20.3. The number of likely N-dealkylation sites (tertiary alicyclic amines) is 2. The second-order valence-electron chi connectivity index (χ2n) is 8.96. The number of guanidine groups is 1. The van der Waals surface area contributed by atoms with E-state index >= 15 is 0 Å². The van der Waals surface area contributed by atoms with Crippen LogP contribution >= 0.6 is 24.0 Å². The van der Waals surface area contributed by atoms with Crippen molar-refractivity contribution in [1.82, 2.24) is 20.4 Å². The van der Waals surface area contributed by atoms with Gasteiger partial charge in [-0.3, -0.25) is 4.79 Å². The van der Waals surface area contributed by atoms with Crippen LogP contribution in [0, 0.1) is 5.92 Å². The molecule has 7 nitrogen and oxygen atoms in total. The maximum Gasteiger partial charge on any atom is 0.244 e. The molecule has 1 aromatic rings. The maximum atomic E-state index is 12.8. The fourth-order valence-corrected chi connectivity index (χ4v) is 4.62. The SMILES string of the molecule is CCNC(=NCC(=O)N1CCC(Cc2ccccc2)CC1)NC1CCN(CCOC)CC1.I. The lowest BCUT2D eigenvalue weighted by molar-refractivity contribution is -0.130. The van der Waals surface area contributed by atoms with Gasteiger partial charge in [0.1, 0.15) is 6.54 Å². The van der Waals surface area contributed by atoms with E-state index in [-0.39, 0.29) is 36.4 Å². The zero-order chi connectivity index (χ0) is 22.6. The summed E-state index contributed by atoms with van der Waals surface area (Å²) < 4.78 is 5.18. The molecule has 2 N–H and O–H groups in total. The summed E-state index contributed by atoms with van der Waals surface area (Å²) in [6.45, 7) is 8.66. The van der Waals surface area contributed by atoms with Crippen LogP contribution in [0.5, 0.6) is 0 Å². The average Bonchev–Trinajstić information content (AvgIpc) is 2.83. The normalized spacial score (nSPS) is 18.6. The Balaban J connectivity index is 0.00000385. The van der Waals surface area contributed by atoms with Crippen molar-refractivity contribution in [1.29, 1.82) is 0 Å². The Kier molecular flexibility index (Phi) is 13.1. The van der Waals surface area contributed by atoms with Crippen molar-refractivity contribution >= 4 is 35.8 Å². The smallest absolute Gasteiger partial charge is 0.244 e. The highest BCUT2D eigenvalue weighted by atomic mass is 127. The molecule has 0 unspecified atom stereocenters. The van der Waals surface area contributed by atoms with Gasteiger partial charge in [0.05, 0.1) is 6.61 Å². The van der Waals surface area contributed by atoms with E-state index in [0.717, 1.165) is 83.9 Å². The van der Waals surface area contributed by atoms with Crippen LogP contribution in [-0.4, -0.2) is 87.2 Å². The third-order valence-corrected chi connectivity index (χ3v) is 6.59. The first-order valence-electron chi connectivity index (χ1n) is 12.3. The molecule has 3 rings (SSSR count). The molecule has 8 heteroatoms. The summed E-state index contributed by atoms with van der Waals surface area (Å²) in [5, 5.41) is 6.84. The van der Waals surface area contributed by atoms with E-state index in [1.807, 2.05) is 4.90 Å². The summed E-state index contributed by atoms with van der Waals surface area (Å²) in [5.74, 6) is 1.56. The quantitative estimate of drug-likeness (QED) is 0.271. The van der Waals surface area contributed by atoms with Gasteiger partial charge in [-0.2, -0.15) is 0 Å². The molecule has 2 aliphatic heterocycles. The second-order valence-corrected chi connectivity index (χ2v) is 8.96. The summed E-state index contributed by atoms with van der Waals surface area (Å²) >= 11 is 0. The fraction of sp³-hybridized carbons (Fsp3) is 0.680. The van der Waals surface area contributed by atoms with Crippen LogP contribution in [0.25, 0.3) is 0 Å². The molecule has 2 saturated heterocycles. The number of rotatable bonds is 9. The number of halogens is 1. The molecule has 2 aliphatic rings. The Hall–Kier alpha value is -1.39. The van der Waals surface area contributed by atoms with Crippen molar-refractivity contribution in [3.63, 3.8) is 0 Å². The first kappa shape index (κ1) is 27.9. The molecular weight excluding hydrogens is 529 g/mol. The predicted octanol–water partition coefficient (Wildman–Crippen LogP) is 2.75. The number of nitrogens with zero attached hydrogens (tertiary/aromatic N) is 3. The van der Waals surface area contributed by atoms with E-state index in [1.165, 1.54) is 5.56 Å². The van der Waals surface area contributed by atoms with Gasteiger partial charge in [0, 0.05) is 52.4 Å². The van der Waals surface area contributed by atoms with Crippen molar-refractivity contribution in [2.45, 2.75) is 45.1 Å². The van der Waals surface area contributed by atoms with Crippen LogP contribution in [0.15, 0.2) is 35.3 Å². The van der Waals surface area contributed by atoms with E-state index in [1.54, 1.807) is 7.11 Å². The Labute approximate surface area is 216 Å². The van der Waals surface area contributed by atoms with Crippen LogP contribution in [0.1, 0.15) is 38.2 Å². The number of methoxy groups -OCH3 is 1. The van der Waals surface area contributed by atoms with Crippen molar-refractivity contribution in [2.24, 2.45) is 10.9 Å². The van der Waals surface area contributed by atoms with Gasteiger partial charge in [0.15, 0.2) is 5.96 Å². The van der Waals surface area contributed by atoms with Crippen LogP contribution in [0.2, 0.25) is 0 Å². The van der Waals surface area contributed by atoms with Crippen LogP contribution in [0.3, 0.4) is 0 Å². The Morgan fingerprint density at radius 3 is 2.42 bits per heavy atom. The molecule has 1 amide bonds. The molecule has 33 heavy (non-hydrogen) atoms. The minimum absolute atomic E-state index is 0. The number of piperidine rings is 2. The van der Waals surface area contributed by atoms with Crippen LogP contribution < -0.4 is 10.6 Å². The van der Waals surface area contributed by atoms with E-state index < -0.39 is 0 Å². The summed E-state index contributed by atoms with van der Waals surface area (Å²) in [6, 6.07) is 11.1. The highest BCUT2D eigenvalue weighted by Gasteiger charge is 2.23. The number of hydrogen-bond acceptors (Lipinski definition) is 4. The third kappa shape index (κ3) is 9.78. The molecule has 0 aliphatic carbocycles. The van der Waals surface area contributed by atoms with Gasteiger partial charge in [-0.25, -0.2) is 4.99 Å². The van der Waals surface area contributed by atoms with Crippen LogP contribution in [-0.2, 0) is 16.0 Å². The van der Waals surface area contributed by atoms with Gasteiger partial charge in [0.2, 0.25) is 5.91 Å². The predicted molar refractivity (Wildman–Crippen MR) is 145 cm³/mol. The average molecular weight is 572 g/mol. The number of ether oxygens (including phenoxy) is 1. The first-order chi connectivity index (χ1) is 15.7. The van der Waals surface area contributed by atoms with Gasteiger partial charge in [-0.1, -0.05) is 30.3 Å². The summed E-state index contributed by atoms with van der Waals surface area (Å²) in [5.41, 5.74) is 1.40. The van der Waals surface area contributed by atoms with Gasteiger partial charge >= 0.3 is 0 Å². The highest BCUT2D eigenvalue weighted by molar-refractivity contribution is 14.0. The minimum atomic E-state index is 0. The van der Waals surface area contributed by atoms with Crippen molar-refractivity contribution in [3.8, 4) is 0 Å². The van der Waals surface area contributed by atoms with Crippen molar-refractivity contribution in [2.75, 3.05) is 59.5 Å². The monoisotopic (exact) mass is 571 g/mol. The van der Waals surface area contributed by atoms with Gasteiger partial charge in [0.25, 0.3) is 0 Å². The fourth-order valence-electron chi connectivity index (χ4n) is 4.62. The summed E-state index contributed by atoms with van der Waals surface area (Å²) in [7, 11) is 1.75. The number of amides is 1. The molecular formula is C25H42IN5O2. The Morgan fingerprint density at radius 2 is 1.79 bits per heavy atom. The molecule has 0 aromatic heterocycles. The molecule has 0 saturated carbocycles. The Morgan fingerprint density at radius 1 is 1.09 bits per heavy atom. The molecule has 0 radical (unpaired) electrons. The molecule has 0 bridgehead atoms. The third-order valence-electron chi connectivity index (χ3n) is 6.59.